The van der Waals surface area contributed by atoms with E-state index in [1.54, 1.807) is 6.07 Å². The van der Waals surface area contributed by atoms with Gasteiger partial charge < -0.3 is 9.84 Å². The van der Waals surface area contributed by atoms with E-state index in [9.17, 15) is 4.79 Å². The average Bonchev–Trinajstić information content (AvgIpc) is 3.17. The summed E-state index contributed by atoms with van der Waals surface area (Å²) >= 11 is 0. The number of nitrogens with zero attached hydrogens (tertiary/aromatic N) is 2. The van der Waals surface area contributed by atoms with Crippen LogP contribution in [-0.2, 0) is 6.42 Å². The fraction of sp³-hybridized carbons (Fsp3) is 0.235. The van der Waals surface area contributed by atoms with E-state index in [2.05, 4.69) is 20.7 Å². The first-order chi connectivity index (χ1) is 11.1. The largest absolute Gasteiger partial charge is 0.355 e. The maximum absolute atomic E-state index is 12.2. The van der Waals surface area contributed by atoms with Gasteiger partial charge in [-0.2, -0.15) is 5.10 Å². The van der Waals surface area contributed by atoms with Crippen molar-refractivity contribution in [3.8, 4) is 11.3 Å². The molecule has 1 amide bonds. The Morgan fingerprint density at radius 2 is 2.09 bits per heavy atom. The van der Waals surface area contributed by atoms with Gasteiger partial charge in [-0.05, 0) is 19.9 Å². The smallest absolute Gasteiger partial charge is 0.273 e. The Hall–Kier alpha value is -2.89. The first kappa shape index (κ1) is 15.0. The average molecular weight is 310 g/mol. The number of carbonyl (C=O) groups excluding carboxylic acids is 1. The zero-order chi connectivity index (χ0) is 16.2. The van der Waals surface area contributed by atoms with Gasteiger partial charge in [0.1, 0.15) is 0 Å². The molecule has 0 aliphatic heterocycles. The summed E-state index contributed by atoms with van der Waals surface area (Å²) in [7, 11) is 0. The summed E-state index contributed by atoms with van der Waals surface area (Å²) in [6.45, 7) is 3.88. The van der Waals surface area contributed by atoms with Gasteiger partial charge in [0.2, 0.25) is 0 Å². The third-order valence-corrected chi connectivity index (χ3v) is 3.45. The van der Waals surface area contributed by atoms with Gasteiger partial charge in [0.15, 0.2) is 11.5 Å². The minimum Gasteiger partial charge on any atom is -0.355 e. The van der Waals surface area contributed by atoms with Gasteiger partial charge in [-0.15, -0.1) is 0 Å². The van der Waals surface area contributed by atoms with Crippen molar-refractivity contribution in [3.05, 3.63) is 59.5 Å². The van der Waals surface area contributed by atoms with Crippen molar-refractivity contribution < 1.29 is 9.32 Å². The van der Waals surface area contributed by atoms with E-state index in [-0.39, 0.29) is 17.6 Å². The van der Waals surface area contributed by atoms with Gasteiger partial charge in [0, 0.05) is 29.8 Å². The number of amides is 1. The van der Waals surface area contributed by atoms with Crippen LogP contribution in [0.4, 0.5) is 0 Å². The van der Waals surface area contributed by atoms with Crippen molar-refractivity contribution >= 4 is 5.91 Å². The predicted molar refractivity (Wildman–Crippen MR) is 85.9 cm³/mol. The number of rotatable bonds is 5. The summed E-state index contributed by atoms with van der Waals surface area (Å²) in [5.74, 6) is 0.321. The van der Waals surface area contributed by atoms with Crippen molar-refractivity contribution in [2.75, 3.05) is 0 Å². The van der Waals surface area contributed by atoms with Crippen LogP contribution < -0.4 is 5.32 Å². The minimum atomic E-state index is -0.254. The van der Waals surface area contributed by atoms with Crippen LogP contribution in [0.3, 0.4) is 0 Å². The molecule has 0 spiro atoms. The minimum absolute atomic E-state index is 0.0536. The van der Waals surface area contributed by atoms with E-state index in [0.29, 0.717) is 12.2 Å². The van der Waals surface area contributed by atoms with Crippen molar-refractivity contribution in [3.63, 3.8) is 0 Å². The highest BCUT2D eigenvalue weighted by atomic mass is 16.5. The lowest BCUT2D eigenvalue weighted by Crippen LogP contribution is -2.34. The zero-order valence-electron chi connectivity index (χ0n) is 13.0. The SMILES string of the molecule is Cc1cc(C[C@H](C)NC(=O)c2cc(-c3ccccc3)on2)n[nH]1. The van der Waals surface area contributed by atoms with Gasteiger partial charge in [0.25, 0.3) is 5.91 Å². The molecule has 0 aliphatic rings. The lowest BCUT2D eigenvalue weighted by atomic mass is 10.1. The molecule has 6 nitrogen and oxygen atoms in total. The molecular formula is C17H18N4O2. The fourth-order valence-corrected chi connectivity index (χ4v) is 2.36. The molecule has 1 atom stereocenters. The molecule has 118 valence electrons. The van der Waals surface area contributed by atoms with E-state index < -0.39 is 0 Å². The maximum atomic E-state index is 12.2. The molecular weight excluding hydrogens is 292 g/mol. The molecule has 6 heteroatoms. The topological polar surface area (TPSA) is 83.8 Å². The highest BCUT2D eigenvalue weighted by Gasteiger charge is 2.16. The van der Waals surface area contributed by atoms with E-state index >= 15 is 0 Å². The molecule has 2 heterocycles. The Morgan fingerprint density at radius 3 is 2.78 bits per heavy atom. The molecule has 3 rings (SSSR count). The van der Waals surface area contributed by atoms with Gasteiger partial charge in [-0.3, -0.25) is 9.89 Å². The Balaban J connectivity index is 1.63. The molecule has 0 unspecified atom stereocenters. The van der Waals surface area contributed by atoms with Crippen LogP contribution in [0.5, 0.6) is 0 Å². The number of hydrogen-bond acceptors (Lipinski definition) is 4. The number of hydrogen-bond donors (Lipinski definition) is 2. The number of benzene rings is 1. The van der Waals surface area contributed by atoms with Crippen LogP contribution in [0, 0.1) is 6.92 Å². The van der Waals surface area contributed by atoms with Crippen molar-refractivity contribution in [1.82, 2.24) is 20.7 Å². The van der Waals surface area contributed by atoms with Gasteiger partial charge >= 0.3 is 0 Å². The summed E-state index contributed by atoms with van der Waals surface area (Å²) in [6.07, 6.45) is 0.652. The van der Waals surface area contributed by atoms with Crippen LogP contribution in [-0.4, -0.2) is 27.3 Å². The van der Waals surface area contributed by atoms with Gasteiger partial charge in [-0.25, -0.2) is 0 Å². The number of aryl methyl sites for hydroxylation is 1. The summed E-state index contributed by atoms with van der Waals surface area (Å²) in [6, 6.07) is 13.1. The summed E-state index contributed by atoms with van der Waals surface area (Å²) < 4.78 is 5.25. The number of H-pyrrole nitrogens is 1. The molecule has 0 aliphatic carbocycles. The van der Waals surface area contributed by atoms with E-state index in [0.717, 1.165) is 17.0 Å². The maximum Gasteiger partial charge on any atom is 0.273 e. The number of nitrogens with one attached hydrogen (secondary N) is 2. The lowest BCUT2D eigenvalue weighted by molar-refractivity contribution is 0.0931. The number of aromatic amines is 1. The molecule has 2 N–H and O–H groups in total. The monoisotopic (exact) mass is 310 g/mol. The van der Waals surface area contributed by atoms with Crippen molar-refractivity contribution in [2.24, 2.45) is 0 Å². The Labute approximate surface area is 133 Å². The second-order valence-electron chi connectivity index (χ2n) is 5.56. The predicted octanol–water partition coefficient (Wildman–Crippen LogP) is 2.73. The highest BCUT2D eigenvalue weighted by molar-refractivity contribution is 5.93. The quantitative estimate of drug-likeness (QED) is 0.759. The highest BCUT2D eigenvalue weighted by Crippen LogP contribution is 2.19. The van der Waals surface area contributed by atoms with E-state index in [4.69, 9.17) is 4.52 Å². The molecule has 0 fully saturated rings. The molecule has 23 heavy (non-hydrogen) atoms. The molecule has 3 aromatic rings. The van der Waals surface area contributed by atoms with Crippen LogP contribution in [0.15, 0.2) is 47.0 Å². The van der Waals surface area contributed by atoms with Crippen molar-refractivity contribution in [1.29, 1.82) is 0 Å². The van der Waals surface area contributed by atoms with E-state index in [1.807, 2.05) is 50.2 Å². The normalized spacial score (nSPS) is 12.1. The van der Waals surface area contributed by atoms with Crippen LogP contribution in [0.2, 0.25) is 0 Å². The van der Waals surface area contributed by atoms with Gasteiger partial charge in [0.05, 0.1) is 5.69 Å². The zero-order valence-corrected chi connectivity index (χ0v) is 13.0. The Morgan fingerprint density at radius 1 is 1.30 bits per heavy atom. The Kier molecular flexibility index (Phi) is 4.23. The van der Waals surface area contributed by atoms with Crippen molar-refractivity contribution in [2.45, 2.75) is 26.3 Å². The lowest BCUT2D eigenvalue weighted by Gasteiger charge is -2.10. The van der Waals surface area contributed by atoms with Gasteiger partial charge in [-0.1, -0.05) is 35.5 Å². The van der Waals surface area contributed by atoms with Crippen LogP contribution in [0.1, 0.15) is 28.8 Å². The standard InChI is InChI=1S/C17H18N4O2/c1-11(8-14-9-12(2)19-20-14)18-17(22)15-10-16(23-21-15)13-6-4-3-5-7-13/h3-7,9-11H,8H2,1-2H3,(H,18,22)(H,19,20)/t11-/m0/s1. The molecule has 0 radical (unpaired) electrons. The van der Waals surface area contributed by atoms with Crippen LogP contribution in [0.25, 0.3) is 11.3 Å². The summed E-state index contributed by atoms with van der Waals surface area (Å²) in [4.78, 5) is 12.2. The van der Waals surface area contributed by atoms with Crippen LogP contribution >= 0.6 is 0 Å². The summed E-state index contributed by atoms with van der Waals surface area (Å²) in [5, 5.41) is 13.8. The number of carbonyl (C=O) groups is 1. The third-order valence-electron chi connectivity index (χ3n) is 3.45. The molecule has 0 saturated heterocycles. The third kappa shape index (κ3) is 3.66. The fourth-order valence-electron chi connectivity index (χ4n) is 2.36. The summed E-state index contributed by atoms with van der Waals surface area (Å²) in [5.41, 5.74) is 3.08. The molecule has 0 saturated carbocycles. The first-order valence-electron chi connectivity index (χ1n) is 7.45. The second kappa shape index (κ2) is 6.48. The number of aromatic nitrogens is 3. The molecule has 1 aromatic carbocycles. The Bertz CT molecular complexity index is 792. The molecule has 0 bridgehead atoms. The van der Waals surface area contributed by atoms with E-state index in [1.165, 1.54) is 0 Å². The first-order valence-corrected chi connectivity index (χ1v) is 7.45. The molecule has 2 aromatic heterocycles. The second-order valence-corrected chi connectivity index (χ2v) is 5.56.